The van der Waals surface area contributed by atoms with Gasteiger partial charge >= 0.3 is 0 Å². The summed E-state index contributed by atoms with van der Waals surface area (Å²) in [5, 5.41) is 31.0. The van der Waals surface area contributed by atoms with Gasteiger partial charge in [0.25, 0.3) is 5.69 Å². The van der Waals surface area contributed by atoms with Crippen LogP contribution < -0.4 is 5.73 Å². The lowest BCUT2D eigenvalue weighted by Crippen LogP contribution is -2.61. The van der Waals surface area contributed by atoms with Crippen molar-refractivity contribution in [2.75, 3.05) is 14.1 Å². The number of benzene rings is 1. The number of hydrogen-bond donors (Lipinski definition) is 3. The van der Waals surface area contributed by atoms with E-state index in [1.54, 1.807) is 47.0 Å². The van der Waals surface area contributed by atoms with E-state index in [2.05, 4.69) is 6.29 Å². The van der Waals surface area contributed by atoms with E-state index in [1.807, 2.05) is 13.8 Å². The molecule has 1 rings (SSSR count). The summed E-state index contributed by atoms with van der Waals surface area (Å²) in [6, 6.07) is 4.41. The maximum absolute atomic E-state index is 13.9. The predicted octanol–water partition coefficient (Wildman–Crippen LogP) is 2.99. The van der Waals surface area contributed by atoms with Gasteiger partial charge in [0.05, 0.1) is 23.2 Å². The van der Waals surface area contributed by atoms with Crippen LogP contribution in [0.2, 0.25) is 0 Å². The fraction of sp³-hybridized carbons (Fsp3) is 0.700. The lowest BCUT2D eigenvalue weighted by atomic mass is 9.81. The number of carbonyl (C=O) groups excluding carboxylic acids is 3. The van der Waals surface area contributed by atoms with Crippen LogP contribution in [0.15, 0.2) is 24.3 Å². The molecule has 0 aliphatic carbocycles. The predicted molar refractivity (Wildman–Crippen MR) is 158 cm³/mol. The van der Waals surface area contributed by atoms with Gasteiger partial charge in [0.1, 0.15) is 11.6 Å². The highest BCUT2D eigenvalue weighted by molar-refractivity contribution is 5.91. The van der Waals surface area contributed by atoms with Gasteiger partial charge in [-0.3, -0.25) is 24.5 Å². The number of amides is 2. The maximum Gasteiger partial charge on any atom is 0.269 e. The summed E-state index contributed by atoms with van der Waals surface area (Å²) in [6.45, 7) is 8.65. The zero-order chi connectivity index (χ0) is 31.5. The second kappa shape index (κ2) is 16.5. The van der Waals surface area contributed by atoms with Crippen molar-refractivity contribution in [2.45, 2.75) is 109 Å². The second-order valence-electron chi connectivity index (χ2n) is 11.7. The van der Waals surface area contributed by atoms with E-state index in [0.29, 0.717) is 44.9 Å². The number of nitro benzene ring substituents is 1. The summed E-state index contributed by atoms with van der Waals surface area (Å²) in [4.78, 5) is 52.1. The molecule has 1 aromatic carbocycles. The molecule has 4 N–H and O–H groups in total. The van der Waals surface area contributed by atoms with Crippen molar-refractivity contribution in [2.24, 2.45) is 17.6 Å². The Hall–Kier alpha value is -2.89. The van der Waals surface area contributed by atoms with Gasteiger partial charge in [-0.1, -0.05) is 38.8 Å². The number of nitro groups is 1. The van der Waals surface area contributed by atoms with Gasteiger partial charge in [0, 0.05) is 26.2 Å². The zero-order valence-corrected chi connectivity index (χ0v) is 25.6. The van der Waals surface area contributed by atoms with Crippen LogP contribution >= 0.6 is 0 Å². The highest BCUT2D eigenvalue weighted by Crippen LogP contribution is 2.30. The molecule has 2 unspecified atom stereocenters. The lowest BCUT2D eigenvalue weighted by molar-refractivity contribution is -0.384. The number of aliphatic hydroxyl groups excluding tert-OH is 2. The van der Waals surface area contributed by atoms with Crippen molar-refractivity contribution in [1.29, 1.82) is 0 Å². The summed E-state index contributed by atoms with van der Waals surface area (Å²) >= 11 is 0. The van der Waals surface area contributed by atoms with Crippen LogP contribution in [0.1, 0.15) is 78.7 Å². The number of likely N-dealkylation sites (N-methyl/N-ethyl adjacent to an activating group) is 2. The Balaban J connectivity index is 2.94. The third-order valence-electron chi connectivity index (χ3n) is 8.21. The molecule has 1 radical (unpaired) electrons. The standard InChI is InChI=1S/C30H49N4O7/c1-20(10-8-12-22(3)36)27(32(6)28(38)23(4)31)29(39)33(7)30(5,19-35)21(2)11-9-13-26(37)18-24-14-16-25(17-15-24)34(40)41/h14-17,20-23,26-27,36-37H,8-13,18,31H2,1-7H3/t20-,21-,22?,23-,26?,27-,30+/m0/s1. The van der Waals surface area contributed by atoms with E-state index < -0.39 is 34.8 Å². The van der Waals surface area contributed by atoms with Gasteiger partial charge in [0.15, 0.2) is 0 Å². The van der Waals surface area contributed by atoms with Crippen molar-refractivity contribution in [3.05, 3.63) is 39.9 Å². The average Bonchev–Trinajstić information content (AvgIpc) is 2.91. The lowest BCUT2D eigenvalue weighted by Gasteiger charge is -2.43. The molecule has 0 fully saturated rings. The number of carbonyl (C=O) groups is 2. The highest BCUT2D eigenvalue weighted by atomic mass is 16.6. The summed E-state index contributed by atoms with van der Waals surface area (Å²) in [5.74, 6) is -1.33. The van der Waals surface area contributed by atoms with Gasteiger partial charge in [-0.05, 0) is 70.3 Å². The van der Waals surface area contributed by atoms with E-state index in [4.69, 9.17) is 5.73 Å². The molecule has 231 valence electrons. The minimum Gasteiger partial charge on any atom is -0.393 e. The Morgan fingerprint density at radius 3 is 2.05 bits per heavy atom. The first-order valence-electron chi connectivity index (χ1n) is 14.3. The smallest absolute Gasteiger partial charge is 0.269 e. The molecule has 0 saturated carbocycles. The van der Waals surface area contributed by atoms with Gasteiger partial charge in [-0.15, -0.1) is 0 Å². The van der Waals surface area contributed by atoms with Crippen LogP contribution in [-0.2, 0) is 20.8 Å². The van der Waals surface area contributed by atoms with Crippen LogP contribution in [0.4, 0.5) is 5.69 Å². The Morgan fingerprint density at radius 1 is 1.00 bits per heavy atom. The Morgan fingerprint density at radius 2 is 1.56 bits per heavy atom. The van der Waals surface area contributed by atoms with Crippen molar-refractivity contribution in [3.63, 3.8) is 0 Å². The molecule has 0 aliphatic rings. The van der Waals surface area contributed by atoms with Gasteiger partial charge in [-0.2, -0.15) is 0 Å². The Kier molecular flexibility index (Phi) is 14.6. The molecule has 0 aromatic heterocycles. The van der Waals surface area contributed by atoms with Crippen LogP contribution in [-0.4, -0.2) is 87.0 Å². The molecular weight excluding hydrogens is 528 g/mol. The molecule has 0 bridgehead atoms. The molecular formula is C30H49N4O7. The molecule has 0 spiro atoms. The molecule has 0 saturated heterocycles. The maximum atomic E-state index is 13.9. The quantitative estimate of drug-likeness (QED) is 0.177. The number of nitrogens with two attached hydrogens (primary N) is 1. The van der Waals surface area contributed by atoms with Gasteiger partial charge in [0.2, 0.25) is 18.1 Å². The van der Waals surface area contributed by atoms with E-state index in [1.165, 1.54) is 21.9 Å². The highest BCUT2D eigenvalue weighted by Gasteiger charge is 2.43. The monoisotopic (exact) mass is 577 g/mol. The number of non-ortho nitro benzene ring substituents is 1. The minimum absolute atomic E-state index is 0.00961. The summed E-state index contributed by atoms with van der Waals surface area (Å²) in [6.07, 6.45) is 4.67. The fourth-order valence-corrected chi connectivity index (χ4v) is 5.14. The molecule has 2 amide bonds. The summed E-state index contributed by atoms with van der Waals surface area (Å²) in [5.41, 5.74) is 5.33. The molecule has 0 heterocycles. The van der Waals surface area contributed by atoms with Gasteiger partial charge in [-0.25, -0.2) is 0 Å². The average molecular weight is 578 g/mol. The van der Waals surface area contributed by atoms with E-state index in [0.717, 1.165) is 5.56 Å². The normalized spacial score (nSPS) is 17.3. The first-order valence-corrected chi connectivity index (χ1v) is 14.3. The summed E-state index contributed by atoms with van der Waals surface area (Å²) < 4.78 is 0. The third kappa shape index (κ3) is 10.5. The van der Waals surface area contributed by atoms with Crippen molar-refractivity contribution in [1.82, 2.24) is 9.80 Å². The number of aliphatic hydroxyl groups is 2. The Bertz CT molecular complexity index is 1000. The topological polar surface area (TPSA) is 167 Å². The van der Waals surface area contributed by atoms with Crippen molar-refractivity contribution in [3.8, 4) is 0 Å². The molecule has 11 nitrogen and oxygen atoms in total. The number of rotatable bonds is 18. The van der Waals surface area contributed by atoms with Gasteiger partial charge < -0.3 is 25.7 Å². The second-order valence-corrected chi connectivity index (χ2v) is 11.7. The van der Waals surface area contributed by atoms with Crippen LogP contribution in [0.25, 0.3) is 0 Å². The first-order chi connectivity index (χ1) is 19.1. The van der Waals surface area contributed by atoms with E-state index >= 15 is 0 Å². The van der Waals surface area contributed by atoms with Crippen LogP contribution in [0, 0.1) is 22.0 Å². The summed E-state index contributed by atoms with van der Waals surface area (Å²) in [7, 11) is 3.10. The van der Waals surface area contributed by atoms with Crippen LogP contribution in [0.3, 0.4) is 0 Å². The fourth-order valence-electron chi connectivity index (χ4n) is 5.14. The number of nitrogens with zero attached hydrogens (tertiary/aromatic N) is 3. The zero-order valence-electron chi connectivity index (χ0n) is 25.6. The molecule has 1 aromatic rings. The van der Waals surface area contributed by atoms with E-state index in [-0.39, 0.29) is 29.3 Å². The SMILES string of the molecule is CC(O)CCC[C@H](C)[C@@H](C(=O)N(C)[C@](C)([C]=O)[C@@H](C)CCCC(O)Cc1ccc([N+](=O)[O-])cc1)N(C)C(=O)[C@H](C)N. The Labute approximate surface area is 244 Å². The minimum atomic E-state index is -1.28. The largest absolute Gasteiger partial charge is 0.393 e. The molecule has 11 heteroatoms. The number of hydrogen-bond acceptors (Lipinski definition) is 8. The van der Waals surface area contributed by atoms with E-state index in [9.17, 15) is 34.7 Å². The first kappa shape index (κ1) is 36.1. The molecule has 0 aliphatic heterocycles. The molecule has 7 atom stereocenters. The van der Waals surface area contributed by atoms with Crippen molar-refractivity contribution < 1.29 is 29.5 Å². The van der Waals surface area contributed by atoms with Crippen molar-refractivity contribution >= 4 is 23.8 Å². The third-order valence-corrected chi connectivity index (χ3v) is 8.21. The molecule has 41 heavy (non-hydrogen) atoms. The van der Waals surface area contributed by atoms with Crippen LogP contribution in [0.5, 0.6) is 0 Å².